The number of benzene rings is 5. The number of nitrogens with zero attached hydrogens (tertiary/aromatic N) is 1. The molecule has 2 nitrogen and oxygen atoms in total. The van der Waals surface area contributed by atoms with Gasteiger partial charge in [-0.05, 0) is 63.2 Å². The van der Waals surface area contributed by atoms with E-state index in [0.29, 0.717) is 0 Å². The second-order valence-electron chi connectivity index (χ2n) is 10.8. The second-order valence-corrected chi connectivity index (χ2v) is 10.8. The van der Waals surface area contributed by atoms with Crippen LogP contribution in [0.15, 0.2) is 109 Å². The molecular formula is C34H28N2. The van der Waals surface area contributed by atoms with Crippen LogP contribution in [0, 0.1) is 0 Å². The summed E-state index contributed by atoms with van der Waals surface area (Å²) in [7, 11) is 0. The van der Waals surface area contributed by atoms with Gasteiger partial charge in [0.15, 0.2) is 0 Å². The van der Waals surface area contributed by atoms with E-state index >= 15 is 0 Å². The fourth-order valence-corrected chi connectivity index (χ4v) is 5.59. The minimum absolute atomic E-state index is 0.0820. The summed E-state index contributed by atoms with van der Waals surface area (Å²) < 4.78 is 2.44. The van der Waals surface area contributed by atoms with Crippen molar-refractivity contribution in [2.75, 3.05) is 0 Å². The Kier molecular flexibility index (Phi) is 4.44. The van der Waals surface area contributed by atoms with Crippen molar-refractivity contribution < 1.29 is 0 Å². The average molecular weight is 465 g/mol. The normalized spacial score (nSPS) is 12.3. The highest BCUT2D eigenvalue weighted by Gasteiger charge is 2.21. The van der Waals surface area contributed by atoms with Crippen molar-refractivity contribution in [1.29, 1.82) is 0 Å². The number of fused-ring (bicyclic) bond motifs is 7. The largest absolute Gasteiger partial charge is 0.353 e. The van der Waals surface area contributed by atoms with Gasteiger partial charge in [-0.1, -0.05) is 99.6 Å². The topological polar surface area (TPSA) is 20.7 Å². The Morgan fingerprint density at radius 3 is 2.14 bits per heavy atom. The summed E-state index contributed by atoms with van der Waals surface area (Å²) in [5.41, 5.74) is 9.92. The maximum Gasteiger partial charge on any atom is 0.0804 e. The highest BCUT2D eigenvalue weighted by Crippen LogP contribution is 2.41. The van der Waals surface area contributed by atoms with Crippen molar-refractivity contribution in [2.45, 2.75) is 26.2 Å². The quantitative estimate of drug-likeness (QED) is 0.263. The predicted octanol–water partition coefficient (Wildman–Crippen LogP) is 9.38. The van der Waals surface area contributed by atoms with Crippen molar-refractivity contribution in [3.63, 3.8) is 0 Å². The van der Waals surface area contributed by atoms with Gasteiger partial charge in [-0.2, -0.15) is 0 Å². The third kappa shape index (κ3) is 3.11. The van der Waals surface area contributed by atoms with Crippen LogP contribution >= 0.6 is 0 Å². The molecule has 36 heavy (non-hydrogen) atoms. The molecule has 2 heteroatoms. The van der Waals surface area contributed by atoms with Gasteiger partial charge in [-0.3, -0.25) is 0 Å². The Morgan fingerprint density at radius 2 is 1.36 bits per heavy atom. The number of hydrogen-bond donors (Lipinski definition) is 1. The predicted molar refractivity (Wildman–Crippen MR) is 154 cm³/mol. The lowest BCUT2D eigenvalue weighted by Gasteiger charge is -2.19. The lowest BCUT2D eigenvalue weighted by atomic mass is 9.86. The fourth-order valence-electron chi connectivity index (χ4n) is 5.59. The van der Waals surface area contributed by atoms with E-state index in [1.165, 1.54) is 66.0 Å². The summed E-state index contributed by atoms with van der Waals surface area (Å²) in [6.07, 6.45) is 0. The second kappa shape index (κ2) is 7.60. The molecule has 2 heterocycles. The smallest absolute Gasteiger partial charge is 0.0804 e. The van der Waals surface area contributed by atoms with Crippen LogP contribution in [0.4, 0.5) is 0 Å². The zero-order chi connectivity index (χ0) is 24.4. The summed E-state index contributed by atoms with van der Waals surface area (Å²) in [5, 5.41) is 5.09. The van der Waals surface area contributed by atoms with Crippen molar-refractivity contribution in [3.8, 4) is 16.8 Å². The van der Waals surface area contributed by atoms with Crippen LogP contribution in [0.3, 0.4) is 0 Å². The molecule has 0 spiro atoms. The van der Waals surface area contributed by atoms with Crippen molar-refractivity contribution >= 4 is 43.6 Å². The zero-order valence-corrected chi connectivity index (χ0v) is 20.8. The van der Waals surface area contributed by atoms with Crippen LogP contribution in [-0.2, 0) is 5.41 Å². The summed E-state index contributed by atoms with van der Waals surface area (Å²) >= 11 is 0. The van der Waals surface area contributed by atoms with E-state index in [2.05, 4.69) is 140 Å². The Labute approximate surface area is 210 Å². The van der Waals surface area contributed by atoms with Gasteiger partial charge in [0.05, 0.1) is 16.6 Å². The molecule has 0 aliphatic carbocycles. The summed E-state index contributed by atoms with van der Waals surface area (Å²) in [4.78, 5) is 3.80. The number of hydrogen-bond acceptors (Lipinski definition) is 0. The van der Waals surface area contributed by atoms with Gasteiger partial charge in [-0.15, -0.1) is 0 Å². The average Bonchev–Trinajstić information content (AvgIpc) is 3.43. The van der Waals surface area contributed by atoms with Crippen LogP contribution in [0.1, 0.15) is 26.3 Å². The number of nitrogens with one attached hydrogen (secondary N) is 1. The first kappa shape index (κ1) is 21.0. The first-order valence-electron chi connectivity index (χ1n) is 12.6. The molecule has 0 radical (unpaired) electrons. The molecule has 0 unspecified atom stereocenters. The van der Waals surface area contributed by atoms with E-state index in [-0.39, 0.29) is 5.41 Å². The fraction of sp³-hybridized carbons (Fsp3) is 0.118. The molecule has 0 saturated carbocycles. The van der Waals surface area contributed by atoms with E-state index < -0.39 is 0 Å². The molecule has 0 amide bonds. The van der Waals surface area contributed by atoms with Crippen molar-refractivity contribution in [3.05, 3.63) is 115 Å². The van der Waals surface area contributed by atoms with Gasteiger partial charge in [0.25, 0.3) is 0 Å². The molecule has 2 aromatic heterocycles. The van der Waals surface area contributed by atoms with Crippen LogP contribution in [0.2, 0.25) is 0 Å². The molecule has 5 aromatic carbocycles. The van der Waals surface area contributed by atoms with E-state index in [4.69, 9.17) is 0 Å². The SMILES string of the molecule is CC(C)(C)c1ccc2c(c1)c1[nH]c3ccc4ccccc4c3c1n2-c1ccc(-c2ccccc2)cc1. The molecule has 0 saturated heterocycles. The van der Waals surface area contributed by atoms with E-state index in [9.17, 15) is 0 Å². The van der Waals surface area contributed by atoms with Crippen molar-refractivity contribution in [2.24, 2.45) is 0 Å². The maximum atomic E-state index is 3.80. The third-order valence-electron chi connectivity index (χ3n) is 7.49. The zero-order valence-electron chi connectivity index (χ0n) is 20.8. The van der Waals surface area contributed by atoms with Gasteiger partial charge in [0.2, 0.25) is 0 Å². The van der Waals surface area contributed by atoms with Gasteiger partial charge >= 0.3 is 0 Å². The van der Waals surface area contributed by atoms with Gasteiger partial charge in [-0.25, -0.2) is 0 Å². The Hall–Kier alpha value is -4.30. The van der Waals surface area contributed by atoms with E-state index in [1.54, 1.807) is 0 Å². The van der Waals surface area contributed by atoms with E-state index in [1.807, 2.05) is 0 Å². The van der Waals surface area contributed by atoms with Crippen LogP contribution in [0.25, 0.3) is 60.4 Å². The highest BCUT2D eigenvalue weighted by atomic mass is 15.0. The minimum atomic E-state index is 0.0820. The summed E-state index contributed by atoms with van der Waals surface area (Å²) in [6, 6.07) is 39.7. The Morgan fingerprint density at radius 1 is 0.639 bits per heavy atom. The molecule has 7 rings (SSSR count). The number of aromatic amines is 1. The molecular weight excluding hydrogens is 436 g/mol. The molecule has 7 aromatic rings. The molecule has 0 fully saturated rings. The molecule has 0 atom stereocenters. The van der Waals surface area contributed by atoms with Crippen LogP contribution in [0.5, 0.6) is 0 Å². The number of H-pyrrole nitrogens is 1. The first-order chi connectivity index (χ1) is 17.5. The van der Waals surface area contributed by atoms with Crippen LogP contribution < -0.4 is 0 Å². The van der Waals surface area contributed by atoms with Gasteiger partial charge in [0.1, 0.15) is 0 Å². The third-order valence-corrected chi connectivity index (χ3v) is 7.49. The summed E-state index contributed by atoms with van der Waals surface area (Å²) in [6.45, 7) is 6.84. The van der Waals surface area contributed by atoms with Gasteiger partial charge in [0, 0.05) is 22.0 Å². The van der Waals surface area contributed by atoms with Crippen molar-refractivity contribution in [1.82, 2.24) is 9.55 Å². The monoisotopic (exact) mass is 464 g/mol. The molecule has 1 N–H and O–H groups in total. The van der Waals surface area contributed by atoms with E-state index in [0.717, 1.165) is 0 Å². The number of aromatic nitrogens is 2. The maximum absolute atomic E-state index is 3.80. The first-order valence-corrected chi connectivity index (χ1v) is 12.6. The lowest BCUT2D eigenvalue weighted by Crippen LogP contribution is -2.10. The Bertz CT molecular complexity index is 1890. The standard InChI is InChI=1S/C34H28N2/c1-34(2,3)25-16-20-30-28(21-25)32-33(31-27-12-8-7-11-24(27)15-19-29(31)35-32)36(30)26-17-13-23(14-18-26)22-9-5-4-6-10-22/h4-21,35H,1-3H3. The molecule has 174 valence electrons. The number of rotatable bonds is 2. The Balaban J connectivity index is 1.58. The highest BCUT2D eigenvalue weighted by molar-refractivity contribution is 6.25. The molecule has 0 aliphatic heterocycles. The molecule has 0 aliphatic rings. The molecule has 0 bridgehead atoms. The lowest BCUT2D eigenvalue weighted by molar-refractivity contribution is 0.591. The van der Waals surface area contributed by atoms with Crippen LogP contribution in [-0.4, -0.2) is 9.55 Å². The minimum Gasteiger partial charge on any atom is -0.353 e. The van der Waals surface area contributed by atoms with Gasteiger partial charge < -0.3 is 9.55 Å². The summed E-state index contributed by atoms with van der Waals surface area (Å²) in [5.74, 6) is 0.